The Morgan fingerprint density at radius 3 is 2.29 bits per heavy atom. The maximum Gasteiger partial charge on any atom is 0.211 e. The van der Waals surface area contributed by atoms with Crippen molar-refractivity contribution in [3.05, 3.63) is 0 Å². The van der Waals surface area contributed by atoms with Crippen LogP contribution in [0, 0.1) is 5.41 Å². The zero-order valence-electron chi connectivity index (χ0n) is 15.6. The number of hydrogen-bond acceptors (Lipinski definition) is 3. The average molecular weight is 474 g/mol. The number of hydrogen-bond donors (Lipinski definition) is 2. The van der Waals surface area contributed by atoms with Crippen LogP contribution in [0.15, 0.2) is 4.99 Å². The van der Waals surface area contributed by atoms with Gasteiger partial charge in [0, 0.05) is 33.2 Å². The van der Waals surface area contributed by atoms with Crippen molar-refractivity contribution in [3.63, 3.8) is 0 Å². The van der Waals surface area contributed by atoms with Crippen LogP contribution in [0.25, 0.3) is 0 Å². The fourth-order valence-corrected chi connectivity index (χ4v) is 4.22. The standard InChI is InChI=1S/C16H34N4O2S.HI/c1-5-16(10-7-8-11-16)14-19-15(17-3)18-12-9-13-20(6-2)23(4,21)22;/h5-14H2,1-4H3,(H2,17,18,19);1H. The Hall–Kier alpha value is -0.0900. The molecule has 0 aromatic carbocycles. The summed E-state index contributed by atoms with van der Waals surface area (Å²) in [4.78, 5) is 4.26. The Morgan fingerprint density at radius 1 is 1.21 bits per heavy atom. The second-order valence-electron chi connectivity index (χ2n) is 6.52. The van der Waals surface area contributed by atoms with Crippen LogP contribution in [0.5, 0.6) is 0 Å². The summed E-state index contributed by atoms with van der Waals surface area (Å²) in [7, 11) is -1.32. The third-order valence-corrected chi connectivity index (χ3v) is 6.35. The molecule has 2 N–H and O–H groups in total. The molecule has 1 rings (SSSR count). The van der Waals surface area contributed by atoms with Crippen molar-refractivity contribution in [3.8, 4) is 0 Å². The van der Waals surface area contributed by atoms with E-state index in [1.807, 2.05) is 6.92 Å². The highest BCUT2D eigenvalue weighted by Gasteiger charge is 2.31. The molecule has 0 aliphatic heterocycles. The van der Waals surface area contributed by atoms with Gasteiger partial charge in [0.15, 0.2) is 5.96 Å². The minimum absolute atomic E-state index is 0. The monoisotopic (exact) mass is 474 g/mol. The van der Waals surface area contributed by atoms with E-state index in [9.17, 15) is 8.42 Å². The van der Waals surface area contributed by atoms with Crippen LogP contribution < -0.4 is 10.6 Å². The molecule has 1 saturated carbocycles. The lowest BCUT2D eigenvalue weighted by atomic mass is 9.83. The van der Waals surface area contributed by atoms with Gasteiger partial charge < -0.3 is 10.6 Å². The Bertz CT molecular complexity index is 476. The van der Waals surface area contributed by atoms with Crippen LogP contribution in [0.1, 0.15) is 52.4 Å². The maximum atomic E-state index is 11.5. The molecule has 24 heavy (non-hydrogen) atoms. The molecule has 0 aromatic rings. The summed E-state index contributed by atoms with van der Waals surface area (Å²) in [6.45, 7) is 6.87. The van der Waals surface area contributed by atoms with Gasteiger partial charge in [-0.1, -0.05) is 26.7 Å². The minimum atomic E-state index is -3.09. The number of aliphatic imine (C=N–C) groups is 1. The Morgan fingerprint density at radius 2 is 1.83 bits per heavy atom. The molecular formula is C16H35IN4O2S. The molecule has 0 bridgehead atoms. The zero-order chi connectivity index (χ0) is 17.3. The number of rotatable bonds is 9. The van der Waals surface area contributed by atoms with Crippen molar-refractivity contribution >= 4 is 40.0 Å². The lowest BCUT2D eigenvalue weighted by Crippen LogP contribution is -2.43. The maximum absolute atomic E-state index is 11.5. The molecule has 8 heteroatoms. The molecular weight excluding hydrogens is 439 g/mol. The number of nitrogens with one attached hydrogen (secondary N) is 2. The van der Waals surface area contributed by atoms with E-state index in [0.29, 0.717) is 25.0 Å². The number of halogens is 1. The number of nitrogens with zero attached hydrogens (tertiary/aromatic N) is 2. The van der Waals surface area contributed by atoms with Gasteiger partial charge in [-0.2, -0.15) is 0 Å². The highest BCUT2D eigenvalue weighted by molar-refractivity contribution is 14.0. The third-order valence-electron chi connectivity index (χ3n) is 4.97. The van der Waals surface area contributed by atoms with Crippen LogP contribution >= 0.6 is 24.0 Å². The number of guanidine groups is 1. The fraction of sp³-hybridized carbons (Fsp3) is 0.938. The predicted molar refractivity (Wildman–Crippen MR) is 113 cm³/mol. The van der Waals surface area contributed by atoms with Gasteiger partial charge in [-0.05, 0) is 31.1 Å². The minimum Gasteiger partial charge on any atom is -0.356 e. The van der Waals surface area contributed by atoms with Gasteiger partial charge >= 0.3 is 0 Å². The quantitative estimate of drug-likeness (QED) is 0.233. The van der Waals surface area contributed by atoms with E-state index in [-0.39, 0.29) is 24.0 Å². The Balaban J connectivity index is 0.00000529. The average Bonchev–Trinajstić information content (AvgIpc) is 2.98. The second-order valence-corrected chi connectivity index (χ2v) is 8.50. The highest BCUT2D eigenvalue weighted by Crippen LogP contribution is 2.40. The number of sulfonamides is 1. The van der Waals surface area contributed by atoms with E-state index >= 15 is 0 Å². The third kappa shape index (κ3) is 7.86. The normalized spacial score (nSPS) is 17.6. The fourth-order valence-electron chi connectivity index (χ4n) is 3.29. The summed E-state index contributed by atoms with van der Waals surface area (Å²) < 4.78 is 24.6. The topological polar surface area (TPSA) is 73.8 Å². The molecule has 0 heterocycles. The van der Waals surface area contributed by atoms with Crippen molar-refractivity contribution in [2.75, 3.05) is 39.5 Å². The van der Waals surface area contributed by atoms with Gasteiger partial charge in [-0.3, -0.25) is 4.99 Å². The highest BCUT2D eigenvalue weighted by atomic mass is 127. The molecule has 0 spiro atoms. The molecule has 0 aromatic heterocycles. The molecule has 1 aliphatic rings. The van der Waals surface area contributed by atoms with Crippen molar-refractivity contribution < 1.29 is 8.42 Å². The van der Waals surface area contributed by atoms with Gasteiger partial charge in [0.1, 0.15) is 0 Å². The van der Waals surface area contributed by atoms with Crippen molar-refractivity contribution in [1.82, 2.24) is 14.9 Å². The zero-order valence-corrected chi connectivity index (χ0v) is 18.7. The molecule has 0 radical (unpaired) electrons. The molecule has 1 fully saturated rings. The summed E-state index contributed by atoms with van der Waals surface area (Å²) >= 11 is 0. The van der Waals surface area contributed by atoms with E-state index in [4.69, 9.17) is 0 Å². The molecule has 1 aliphatic carbocycles. The lowest BCUT2D eigenvalue weighted by molar-refractivity contribution is 0.283. The van der Waals surface area contributed by atoms with E-state index < -0.39 is 10.0 Å². The first-order valence-electron chi connectivity index (χ1n) is 8.76. The first-order chi connectivity index (χ1) is 10.9. The van der Waals surface area contributed by atoms with Gasteiger partial charge in [0.25, 0.3) is 0 Å². The lowest BCUT2D eigenvalue weighted by Gasteiger charge is -2.28. The molecule has 0 saturated heterocycles. The summed E-state index contributed by atoms with van der Waals surface area (Å²) in [6.07, 6.45) is 8.49. The van der Waals surface area contributed by atoms with Gasteiger partial charge in [0.05, 0.1) is 6.26 Å². The van der Waals surface area contributed by atoms with Crippen LogP contribution in [-0.2, 0) is 10.0 Å². The molecule has 6 nitrogen and oxygen atoms in total. The van der Waals surface area contributed by atoms with Gasteiger partial charge in [-0.15, -0.1) is 24.0 Å². The molecule has 0 atom stereocenters. The summed E-state index contributed by atoms with van der Waals surface area (Å²) in [6, 6.07) is 0. The van der Waals surface area contributed by atoms with Crippen molar-refractivity contribution in [2.24, 2.45) is 10.4 Å². The smallest absolute Gasteiger partial charge is 0.211 e. The molecule has 0 unspecified atom stereocenters. The van der Waals surface area contributed by atoms with E-state index in [0.717, 1.165) is 18.9 Å². The first-order valence-corrected chi connectivity index (χ1v) is 10.6. The van der Waals surface area contributed by atoms with E-state index in [1.165, 1.54) is 42.7 Å². The molecule has 0 amide bonds. The second kappa shape index (κ2) is 11.5. The van der Waals surface area contributed by atoms with Crippen molar-refractivity contribution in [2.45, 2.75) is 52.4 Å². The first kappa shape index (κ1) is 23.9. The summed E-state index contributed by atoms with van der Waals surface area (Å²) in [5.41, 5.74) is 0.424. The largest absolute Gasteiger partial charge is 0.356 e. The van der Waals surface area contributed by atoms with Crippen molar-refractivity contribution in [1.29, 1.82) is 0 Å². The summed E-state index contributed by atoms with van der Waals surface area (Å²) in [5.74, 6) is 0.812. The summed E-state index contributed by atoms with van der Waals surface area (Å²) in [5, 5.41) is 6.73. The van der Waals surface area contributed by atoms with Gasteiger partial charge in [0.2, 0.25) is 10.0 Å². The van der Waals surface area contributed by atoms with Crippen LogP contribution in [-0.4, -0.2) is 58.2 Å². The van der Waals surface area contributed by atoms with Crippen LogP contribution in [0.2, 0.25) is 0 Å². The van der Waals surface area contributed by atoms with Crippen LogP contribution in [0.4, 0.5) is 0 Å². The Kier molecular flexibility index (Phi) is 11.5. The van der Waals surface area contributed by atoms with E-state index in [2.05, 4.69) is 22.5 Å². The predicted octanol–water partition coefficient (Wildman–Crippen LogP) is 2.41. The van der Waals surface area contributed by atoms with Crippen LogP contribution in [0.3, 0.4) is 0 Å². The van der Waals surface area contributed by atoms with Gasteiger partial charge in [-0.25, -0.2) is 12.7 Å². The van der Waals surface area contributed by atoms with E-state index in [1.54, 1.807) is 7.05 Å². The SMILES string of the molecule is CCN(CCCNC(=NC)NCC1(CC)CCCC1)S(C)(=O)=O.I. The molecule has 144 valence electrons. The Labute approximate surface area is 165 Å².